The van der Waals surface area contributed by atoms with E-state index in [1.807, 2.05) is 31.1 Å². The number of hydrogen-bond donors (Lipinski definition) is 2. The van der Waals surface area contributed by atoms with Crippen LogP contribution in [0, 0.1) is 0 Å². The van der Waals surface area contributed by atoms with E-state index in [0.29, 0.717) is 30.5 Å². The number of anilines is 2. The molecule has 0 saturated carbocycles. The molecule has 0 unspecified atom stereocenters. The third-order valence-electron chi connectivity index (χ3n) is 4.14. The Morgan fingerprint density at radius 2 is 1.94 bits per heavy atom. The highest BCUT2D eigenvalue weighted by Gasteiger charge is 2.09. The molecule has 0 radical (unpaired) electrons. The smallest absolute Gasteiger partial charge is 0.330 e. The summed E-state index contributed by atoms with van der Waals surface area (Å²) in [4.78, 5) is 24.2. The number of nitrogens with one attached hydrogen (secondary N) is 1. The fraction of sp³-hybridized carbons (Fsp3) is 0.190. The summed E-state index contributed by atoms with van der Waals surface area (Å²) in [5, 5.41) is 8.15. The van der Waals surface area contributed by atoms with Gasteiger partial charge in [0.05, 0.1) is 15.5 Å². The van der Waals surface area contributed by atoms with Gasteiger partial charge in [-0.05, 0) is 62.6 Å². The maximum Gasteiger partial charge on any atom is 0.330 e. The van der Waals surface area contributed by atoms with Crippen LogP contribution in [0.4, 0.5) is 11.6 Å². The van der Waals surface area contributed by atoms with Crippen LogP contribution in [-0.4, -0.2) is 56.5 Å². The first kappa shape index (κ1) is 23.5. The Hall–Kier alpha value is -3.12. The molecule has 0 aliphatic carbocycles. The molecule has 0 amide bonds. The van der Waals surface area contributed by atoms with Gasteiger partial charge < -0.3 is 15.0 Å². The highest BCUT2D eigenvalue weighted by Crippen LogP contribution is 2.28. The van der Waals surface area contributed by atoms with Crippen molar-refractivity contribution in [2.24, 2.45) is 5.14 Å². The molecule has 168 valence electrons. The lowest BCUT2D eigenvalue weighted by atomic mass is 10.3. The maximum atomic E-state index is 11.8. The molecule has 9 nitrogen and oxygen atoms in total. The lowest BCUT2D eigenvalue weighted by Crippen LogP contribution is -2.19. The molecule has 3 aromatic rings. The molecular weight excluding hydrogens is 450 g/mol. The van der Waals surface area contributed by atoms with Crippen LogP contribution in [0.1, 0.15) is 4.88 Å². The molecule has 3 N–H and O–H groups in total. The monoisotopic (exact) mass is 473 g/mol. The molecule has 0 fully saturated rings. The Labute approximate surface area is 190 Å². The number of likely N-dealkylation sites (N-methyl/N-ethyl adjacent to an activating group) is 1. The number of carbonyl (C=O) groups is 1. The number of primary sulfonamides is 1. The normalized spacial score (nSPS) is 11.8. The van der Waals surface area contributed by atoms with Crippen molar-refractivity contribution in [3.05, 3.63) is 59.6 Å². The molecule has 2 aromatic heterocycles. The summed E-state index contributed by atoms with van der Waals surface area (Å²) in [6.45, 7) is 1.01. The number of carbonyl (C=O) groups excluding carboxylic acids is 1. The van der Waals surface area contributed by atoms with Crippen molar-refractivity contribution in [2.75, 3.05) is 32.6 Å². The standard InChI is InChI=1S/C21H23N5O4S2/c1-26(2)13-14-30-20(27)10-6-16-5-9-19(31-16)18-11-12-23-21(25-18)24-15-3-7-17(8-4-15)32(22,28)29/h3-12H,13-14H2,1-2H3,(H2,22,28,29)(H,23,24,25)/b10-6+. The van der Waals surface area contributed by atoms with Crippen molar-refractivity contribution in [1.82, 2.24) is 14.9 Å². The van der Waals surface area contributed by atoms with Gasteiger partial charge in [-0.25, -0.2) is 28.3 Å². The molecule has 0 aliphatic rings. The van der Waals surface area contributed by atoms with Crippen molar-refractivity contribution in [1.29, 1.82) is 0 Å². The average Bonchev–Trinajstić information content (AvgIpc) is 3.21. The van der Waals surface area contributed by atoms with Gasteiger partial charge in [-0.1, -0.05) is 0 Å². The van der Waals surface area contributed by atoms with Gasteiger partial charge in [0.25, 0.3) is 0 Å². The number of thiophene rings is 1. The predicted molar refractivity (Wildman–Crippen MR) is 125 cm³/mol. The molecule has 3 rings (SSSR count). The second-order valence-electron chi connectivity index (χ2n) is 6.97. The van der Waals surface area contributed by atoms with E-state index in [-0.39, 0.29) is 10.9 Å². The molecule has 32 heavy (non-hydrogen) atoms. The summed E-state index contributed by atoms with van der Waals surface area (Å²) in [6, 6.07) is 11.6. The SMILES string of the molecule is CN(C)CCOC(=O)/C=C/c1ccc(-c2ccnc(Nc3ccc(S(N)(=O)=O)cc3)n2)s1. The summed E-state index contributed by atoms with van der Waals surface area (Å²) in [6.07, 6.45) is 4.74. The van der Waals surface area contributed by atoms with E-state index in [9.17, 15) is 13.2 Å². The van der Waals surface area contributed by atoms with E-state index in [0.717, 1.165) is 9.75 Å². The van der Waals surface area contributed by atoms with Gasteiger partial charge in [-0.3, -0.25) is 0 Å². The van der Waals surface area contributed by atoms with Gasteiger partial charge in [0.1, 0.15) is 6.61 Å². The number of ether oxygens (including phenoxy) is 1. The fourth-order valence-corrected chi connectivity index (χ4v) is 3.92. The van der Waals surface area contributed by atoms with Crippen LogP contribution in [0.2, 0.25) is 0 Å². The van der Waals surface area contributed by atoms with Gasteiger partial charge in [0.15, 0.2) is 0 Å². The van der Waals surface area contributed by atoms with Crippen LogP contribution in [-0.2, 0) is 19.6 Å². The molecule has 1 aromatic carbocycles. The lowest BCUT2D eigenvalue weighted by Gasteiger charge is -2.08. The topological polar surface area (TPSA) is 128 Å². The molecule has 2 heterocycles. The average molecular weight is 474 g/mol. The van der Waals surface area contributed by atoms with E-state index >= 15 is 0 Å². The number of benzene rings is 1. The van der Waals surface area contributed by atoms with E-state index in [1.54, 1.807) is 30.5 Å². The van der Waals surface area contributed by atoms with Crippen LogP contribution in [0.5, 0.6) is 0 Å². The highest BCUT2D eigenvalue weighted by atomic mass is 32.2. The third kappa shape index (κ3) is 6.95. The Morgan fingerprint density at radius 3 is 2.62 bits per heavy atom. The molecule has 0 bridgehead atoms. The minimum absolute atomic E-state index is 0.0264. The van der Waals surface area contributed by atoms with Gasteiger partial charge in [-0.15, -0.1) is 11.3 Å². The first-order valence-corrected chi connectivity index (χ1v) is 11.9. The lowest BCUT2D eigenvalue weighted by molar-refractivity contribution is -0.137. The number of rotatable bonds is 9. The third-order valence-corrected chi connectivity index (χ3v) is 6.14. The number of hydrogen-bond acceptors (Lipinski definition) is 9. The van der Waals surface area contributed by atoms with E-state index < -0.39 is 10.0 Å². The number of sulfonamides is 1. The summed E-state index contributed by atoms with van der Waals surface area (Å²) in [7, 11) is 0.0780. The molecule has 11 heteroatoms. The summed E-state index contributed by atoms with van der Waals surface area (Å²) < 4.78 is 27.9. The van der Waals surface area contributed by atoms with Crippen molar-refractivity contribution in [2.45, 2.75) is 4.90 Å². The zero-order chi connectivity index (χ0) is 23.1. The second kappa shape index (κ2) is 10.5. The quantitative estimate of drug-likeness (QED) is 0.359. The minimum atomic E-state index is -3.75. The number of nitrogens with zero attached hydrogens (tertiary/aromatic N) is 3. The molecule has 0 aliphatic heterocycles. The van der Waals surface area contributed by atoms with Crippen LogP contribution in [0.3, 0.4) is 0 Å². The summed E-state index contributed by atoms with van der Waals surface area (Å²) in [5.41, 5.74) is 1.33. The Morgan fingerprint density at radius 1 is 1.19 bits per heavy atom. The van der Waals surface area contributed by atoms with E-state index in [1.165, 1.54) is 29.5 Å². The van der Waals surface area contributed by atoms with E-state index in [2.05, 4.69) is 15.3 Å². The first-order chi connectivity index (χ1) is 15.2. The maximum absolute atomic E-state index is 11.8. The van der Waals surface area contributed by atoms with Crippen LogP contribution >= 0.6 is 11.3 Å². The summed E-state index contributed by atoms with van der Waals surface area (Å²) >= 11 is 1.47. The van der Waals surface area contributed by atoms with E-state index in [4.69, 9.17) is 9.88 Å². The van der Waals surface area contributed by atoms with Gasteiger partial charge in [-0.2, -0.15) is 0 Å². The van der Waals surface area contributed by atoms with Crippen molar-refractivity contribution in [3.8, 4) is 10.6 Å². The minimum Gasteiger partial charge on any atom is -0.461 e. The number of esters is 1. The number of nitrogens with two attached hydrogens (primary N) is 1. The highest BCUT2D eigenvalue weighted by molar-refractivity contribution is 7.89. The van der Waals surface area contributed by atoms with Crippen LogP contribution in [0.15, 0.2) is 59.6 Å². The number of aromatic nitrogens is 2. The van der Waals surface area contributed by atoms with Crippen molar-refractivity contribution in [3.63, 3.8) is 0 Å². The molecule has 0 atom stereocenters. The summed E-state index contributed by atoms with van der Waals surface area (Å²) in [5.74, 6) is -0.0235. The van der Waals surface area contributed by atoms with Gasteiger partial charge >= 0.3 is 5.97 Å². The zero-order valence-corrected chi connectivity index (χ0v) is 19.2. The fourth-order valence-electron chi connectivity index (χ4n) is 2.52. The van der Waals surface area contributed by atoms with Crippen LogP contribution in [0.25, 0.3) is 16.6 Å². The second-order valence-corrected chi connectivity index (χ2v) is 9.64. The molecule has 0 spiro atoms. The predicted octanol–water partition coefficient (Wildman–Crippen LogP) is 2.71. The van der Waals surface area contributed by atoms with Crippen molar-refractivity contribution < 1.29 is 17.9 Å². The first-order valence-electron chi connectivity index (χ1n) is 9.53. The molecular formula is C21H23N5O4S2. The Balaban J connectivity index is 1.65. The largest absolute Gasteiger partial charge is 0.461 e. The Kier molecular flexibility index (Phi) is 7.70. The van der Waals surface area contributed by atoms with Crippen LogP contribution < -0.4 is 10.5 Å². The zero-order valence-electron chi connectivity index (χ0n) is 17.6. The Bertz CT molecular complexity index is 1200. The van der Waals surface area contributed by atoms with Crippen molar-refractivity contribution >= 4 is 45.0 Å². The van der Waals surface area contributed by atoms with Gasteiger partial charge in [0.2, 0.25) is 16.0 Å². The molecule has 0 saturated heterocycles. The van der Waals surface area contributed by atoms with Gasteiger partial charge in [0, 0.05) is 29.4 Å².